The number of hydrogen-bond donors (Lipinski definition) is 0. The van der Waals surface area contributed by atoms with Gasteiger partial charge in [-0.1, -0.05) is 0 Å². The lowest BCUT2D eigenvalue weighted by Gasteiger charge is -2.55. The molecule has 224 valence electrons. The van der Waals surface area contributed by atoms with E-state index in [2.05, 4.69) is 0 Å². The maximum atomic E-state index is 13.8. The van der Waals surface area contributed by atoms with Crippen LogP contribution in [0.3, 0.4) is 0 Å². The van der Waals surface area contributed by atoms with Crippen LogP contribution in [0.1, 0.15) is 34.6 Å². The van der Waals surface area contributed by atoms with Crippen LogP contribution in [-0.2, 0) is 4.79 Å². The Kier molecular flexibility index (Phi) is 6.85. The number of amides is 2. The fourth-order valence-corrected chi connectivity index (χ4v) is 6.46. The normalized spacial score (nSPS) is 28.2. The maximum Gasteiger partial charge on any atom is 0.254 e. The number of ether oxygens (including phenoxy) is 4. The lowest BCUT2D eigenvalue weighted by atomic mass is 9.64. The zero-order valence-corrected chi connectivity index (χ0v) is 25.0. The molecule has 2 bridgehead atoms. The summed E-state index contributed by atoms with van der Waals surface area (Å²) in [6.45, 7) is 5.35. The van der Waals surface area contributed by atoms with Crippen LogP contribution in [0.5, 0.6) is 23.0 Å². The summed E-state index contributed by atoms with van der Waals surface area (Å²) in [4.78, 5) is 48.5. The summed E-state index contributed by atoms with van der Waals surface area (Å²) in [7, 11) is 7.62. The first-order valence-electron chi connectivity index (χ1n) is 14.2. The predicted molar refractivity (Wildman–Crippen MR) is 153 cm³/mol. The summed E-state index contributed by atoms with van der Waals surface area (Å²) in [5.74, 6) is 1.95. The molecule has 6 rings (SSSR count). The van der Waals surface area contributed by atoms with E-state index in [9.17, 15) is 14.4 Å². The fraction of sp³-hybridized carbons (Fsp3) is 0.516. The second-order valence-corrected chi connectivity index (χ2v) is 12.8. The first-order chi connectivity index (χ1) is 19.9. The van der Waals surface area contributed by atoms with Crippen molar-refractivity contribution in [3.8, 4) is 23.0 Å². The molecule has 2 unspecified atom stereocenters. The van der Waals surface area contributed by atoms with Crippen molar-refractivity contribution in [2.45, 2.75) is 26.3 Å². The minimum atomic E-state index is -0.912. The van der Waals surface area contributed by atoms with E-state index < -0.39 is 10.8 Å². The molecule has 0 radical (unpaired) electrons. The Balaban J connectivity index is 1.21. The molecule has 2 fully saturated rings. The van der Waals surface area contributed by atoms with Crippen LogP contribution in [0.2, 0.25) is 0 Å². The molecule has 0 aliphatic carbocycles. The van der Waals surface area contributed by atoms with Gasteiger partial charge in [0.2, 0.25) is 0 Å². The van der Waals surface area contributed by atoms with E-state index in [1.807, 2.05) is 51.8 Å². The second kappa shape index (κ2) is 10.2. The van der Waals surface area contributed by atoms with Crippen molar-refractivity contribution in [1.29, 1.82) is 0 Å². The second-order valence-electron chi connectivity index (χ2n) is 12.8. The third-order valence-corrected chi connectivity index (χ3v) is 8.65. The Hall–Kier alpha value is -3.83. The minimum absolute atomic E-state index is 0.0788. The van der Waals surface area contributed by atoms with Gasteiger partial charge >= 0.3 is 0 Å². The maximum absolute atomic E-state index is 13.8. The van der Waals surface area contributed by atoms with E-state index in [-0.39, 0.29) is 56.2 Å². The monoisotopic (exact) mass is 578 g/mol. The third kappa shape index (κ3) is 4.84. The van der Waals surface area contributed by atoms with Gasteiger partial charge in [0.15, 0.2) is 41.2 Å². The van der Waals surface area contributed by atoms with Gasteiger partial charge in [-0.15, -0.1) is 0 Å². The van der Waals surface area contributed by atoms with E-state index in [0.717, 1.165) is 0 Å². The fourth-order valence-electron chi connectivity index (χ4n) is 6.46. The van der Waals surface area contributed by atoms with E-state index in [4.69, 9.17) is 18.9 Å². The van der Waals surface area contributed by atoms with Gasteiger partial charge in [0.1, 0.15) is 13.2 Å². The van der Waals surface area contributed by atoms with E-state index in [1.54, 1.807) is 46.2 Å². The highest BCUT2D eigenvalue weighted by Crippen LogP contribution is 2.44. The van der Waals surface area contributed by atoms with Crippen molar-refractivity contribution in [3.63, 3.8) is 0 Å². The molecule has 0 N–H and O–H groups in total. The highest BCUT2D eigenvalue weighted by Gasteiger charge is 2.57. The smallest absolute Gasteiger partial charge is 0.254 e. The number of likely N-dealkylation sites (tertiary alicyclic amines) is 2. The molecule has 2 amide bonds. The molecule has 42 heavy (non-hydrogen) atoms. The van der Waals surface area contributed by atoms with Crippen LogP contribution in [-0.4, -0.2) is 117 Å². The molecule has 4 heterocycles. The van der Waals surface area contributed by atoms with E-state index >= 15 is 0 Å². The van der Waals surface area contributed by atoms with Crippen LogP contribution in [0, 0.1) is 10.8 Å². The number of Topliss-reactive ketones (excluding diaryl/α,β-unsaturated/α-hetero) is 1. The summed E-state index contributed by atoms with van der Waals surface area (Å²) >= 11 is 0. The standard InChI is InChI=1S/C31H38N4O7/c1-30-15-34(27(36)19-7-9-21-23(11-19)41-25(13-39-21)32(3)4)17-31(2,29(30)38)18-35(16-30)28(37)20-8-10-22-24(12-20)42-26(14-40-22)33(5)6/h7-12,25-26H,13-18H2,1-6H3. The summed E-state index contributed by atoms with van der Waals surface area (Å²) in [6.07, 6.45) is -0.500. The first kappa shape index (κ1) is 28.3. The number of ketones is 1. The van der Waals surface area contributed by atoms with Crippen molar-refractivity contribution in [2.75, 3.05) is 67.6 Å². The van der Waals surface area contributed by atoms with Gasteiger partial charge in [-0.2, -0.15) is 0 Å². The minimum Gasteiger partial charge on any atom is -0.484 e. The molecule has 11 nitrogen and oxygen atoms in total. The van der Waals surface area contributed by atoms with Gasteiger partial charge in [0.05, 0.1) is 10.8 Å². The van der Waals surface area contributed by atoms with Gasteiger partial charge < -0.3 is 28.7 Å². The van der Waals surface area contributed by atoms with Crippen LogP contribution < -0.4 is 18.9 Å². The Morgan fingerprint density at radius 2 is 1.07 bits per heavy atom. The SMILES string of the molecule is CN(C)C1COc2ccc(C(=O)N3CC4(C)CN(C(=O)c5ccc6c(c5)OC(N(C)C)CO6)CC(C)(C3)C4=O)cc2O1. The van der Waals surface area contributed by atoms with Crippen LogP contribution in [0.15, 0.2) is 36.4 Å². The molecule has 0 spiro atoms. The van der Waals surface area contributed by atoms with Crippen LogP contribution in [0.4, 0.5) is 0 Å². The molecule has 2 aromatic carbocycles. The molecule has 2 atom stereocenters. The van der Waals surface area contributed by atoms with Gasteiger partial charge in [-0.25, -0.2) is 0 Å². The molecule has 2 saturated heterocycles. The summed E-state index contributed by atoms with van der Waals surface area (Å²) < 4.78 is 23.7. The summed E-state index contributed by atoms with van der Waals surface area (Å²) in [6, 6.07) is 10.4. The quantitative estimate of drug-likeness (QED) is 0.541. The topological polar surface area (TPSA) is 101 Å². The molecule has 0 saturated carbocycles. The first-order valence-corrected chi connectivity index (χ1v) is 14.2. The molecule has 4 aliphatic heterocycles. The number of rotatable bonds is 4. The number of hydrogen-bond acceptors (Lipinski definition) is 9. The number of piperidine rings is 2. The van der Waals surface area contributed by atoms with Gasteiger partial charge in [-0.3, -0.25) is 24.2 Å². The number of carbonyl (C=O) groups is 3. The Bertz CT molecular complexity index is 1320. The lowest BCUT2D eigenvalue weighted by Crippen LogP contribution is -2.69. The number of carbonyl (C=O) groups excluding carboxylic acids is 3. The van der Waals surface area contributed by atoms with Crippen molar-refractivity contribution in [1.82, 2.24) is 19.6 Å². The van der Waals surface area contributed by atoms with Gasteiger partial charge in [0, 0.05) is 37.3 Å². The van der Waals surface area contributed by atoms with E-state index in [1.165, 1.54) is 0 Å². The van der Waals surface area contributed by atoms with E-state index in [0.29, 0.717) is 47.3 Å². The molecule has 2 aromatic rings. The van der Waals surface area contributed by atoms with Crippen molar-refractivity contribution >= 4 is 17.6 Å². The third-order valence-electron chi connectivity index (χ3n) is 8.65. The van der Waals surface area contributed by atoms with Crippen molar-refractivity contribution in [2.24, 2.45) is 10.8 Å². The highest BCUT2D eigenvalue weighted by molar-refractivity contribution is 6.01. The lowest BCUT2D eigenvalue weighted by molar-refractivity contribution is -0.153. The average molecular weight is 579 g/mol. The molecular formula is C31H38N4O7. The Morgan fingerprint density at radius 3 is 1.43 bits per heavy atom. The zero-order valence-electron chi connectivity index (χ0n) is 25.0. The van der Waals surface area contributed by atoms with Crippen LogP contribution in [0.25, 0.3) is 0 Å². The summed E-state index contributed by atoms with van der Waals surface area (Å²) in [5.41, 5.74) is -0.887. The van der Waals surface area contributed by atoms with Gasteiger partial charge in [0.25, 0.3) is 11.8 Å². The van der Waals surface area contributed by atoms with Gasteiger partial charge in [-0.05, 0) is 78.4 Å². The number of fused-ring (bicyclic) bond motifs is 4. The van der Waals surface area contributed by atoms with Crippen LogP contribution >= 0.6 is 0 Å². The van der Waals surface area contributed by atoms with Crippen molar-refractivity contribution in [3.05, 3.63) is 47.5 Å². The average Bonchev–Trinajstić information content (AvgIpc) is 2.96. The molecular weight excluding hydrogens is 540 g/mol. The number of likely N-dealkylation sites (N-methyl/N-ethyl adjacent to an activating group) is 2. The zero-order chi connectivity index (χ0) is 30.0. The highest BCUT2D eigenvalue weighted by atomic mass is 16.6. The molecule has 0 aromatic heterocycles. The summed E-state index contributed by atoms with van der Waals surface area (Å²) in [5, 5.41) is 0. The molecule has 11 heteroatoms. The largest absolute Gasteiger partial charge is 0.484 e. The Morgan fingerprint density at radius 1 is 0.690 bits per heavy atom. The van der Waals surface area contributed by atoms with Crippen molar-refractivity contribution < 1.29 is 33.3 Å². The molecule has 4 aliphatic rings. The Labute approximate surface area is 245 Å². The number of benzene rings is 2. The number of nitrogens with zero attached hydrogens (tertiary/aromatic N) is 4. The predicted octanol–water partition coefficient (Wildman–Crippen LogP) is 2.20.